The first-order valence-electron chi connectivity index (χ1n) is 9.52. The summed E-state index contributed by atoms with van der Waals surface area (Å²) in [5.74, 6) is -1.22. The van der Waals surface area contributed by atoms with Gasteiger partial charge in [0.25, 0.3) is 11.8 Å². The number of hydrogen-bond acceptors (Lipinski definition) is 3. The van der Waals surface area contributed by atoms with E-state index < -0.39 is 11.7 Å². The molecular weight excluding hydrogens is 413 g/mol. The van der Waals surface area contributed by atoms with Gasteiger partial charge in [-0.1, -0.05) is 42.0 Å². The number of anilines is 2. The Bertz CT molecular complexity index is 1220. The van der Waals surface area contributed by atoms with Gasteiger partial charge in [0.1, 0.15) is 11.5 Å². The zero-order chi connectivity index (χ0) is 22.0. The van der Waals surface area contributed by atoms with Crippen LogP contribution in [0.25, 0.3) is 6.08 Å². The van der Waals surface area contributed by atoms with E-state index >= 15 is 0 Å². The van der Waals surface area contributed by atoms with Gasteiger partial charge in [0.2, 0.25) is 0 Å². The quantitative estimate of drug-likeness (QED) is 0.466. The zero-order valence-corrected chi connectivity index (χ0v) is 17.4. The molecule has 1 aliphatic rings. The summed E-state index contributed by atoms with van der Waals surface area (Å²) >= 11 is 5.23. The maximum Gasteiger partial charge on any atom is 0.281 e. The van der Waals surface area contributed by atoms with Crippen molar-refractivity contribution in [3.05, 3.63) is 101 Å². The van der Waals surface area contributed by atoms with Crippen molar-refractivity contribution in [1.29, 1.82) is 0 Å². The summed E-state index contributed by atoms with van der Waals surface area (Å²) in [6, 6.07) is 20.3. The Labute approximate surface area is 184 Å². The molecule has 3 aromatic rings. The van der Waals surface area contributed by atoms with E-state index in [0.29, 0.717) is 16.8 Å². The second-order valence-corrected chi connectivity index (χ2v) is 7.41. The molecule has 3 aromatic carbocycles. The number of carbonyl (C=O) groups excluding carboxylic acids is 2. The first-order valence-corrected chi connectivity index (χ1v) is 9.93. The minimum Gasteiger partial charge on any atom is -0.327 e. The number of benzene rings is 3. The van der Waals surface area contributed by atoms with E-state index in [1.54, 1.807) is 54.6 Å². The second kappa shape index (κ2) is 8.49. The lowest BCUT2D eigenvalue weighted by Gasteiger charge is -2.14. The van der Waals surface area contributed by atoms with Crippen LogP contribution in [0.15, 0.2) is 78.5 Å². The molecule has 0 saturated carbocycles. The molecule has 0 bridgehead atoms. The number of nitrogens with one attached hydrogen (secondary N) is 2. The maximum atomic E-state index is 14.1. The summed E-state index contributed by atoms with van der Waals surface area (Å²) in [5, 5.41) is 5.78. The summed E-state index contributed by atoms with van der Waals surface area (Å²) < 4.78 is 14.1. The van der Waals surface area contributed by atoms with Crippen molar-refractivity contribution in [2.75, 3.05) is 10.2 Å². The van der Waals surface area contributed by atoms with Crippen LogP contribution in [-0.2, 0) is 4.79 Å². The first-order chi connectivity index (χ1) is 14.9. The number of hydrogen-bond donors (Lipinski definition) is 2. The standard InChI is InChI=1S/C24H18FN3O2S/c1-15-9-11-17(12-10-15)22(29)26-18-6-4-5-16(13-18)14-20-23(30)28(24(31)27-20)21-8-3-2-7-19(21)25/h2-14H,1H3,(H,26,29)(H,27,31)/b20-14-. The van der Waals surface area contributed by atoms with Gasteiger partial charge >= 0.3 is 0 Å². The van der Waals surface area contributed by atoms with Crippen LogP contribution in [0.5, 0.6) is 0 Å². The Morgan fingerprint density at radius 1 is 1.06 bits per heavy atom. The van der Waals surface area contributed by atoms with Crippen LogP contribution in [0, 0.1) is 12.7 Å². The van der Waals surface area contributed by atoms with Crippen molar-refractivity contribution in [2.24, 2.45) is 0 Å². The average molecular weight is 431 g/mol. The van der Waals surface area contributed by atoms with Crippen LogP contribution < -0.4 is 15.5 Å². The Morgan fingerprint density at radius 3 is 2.55 bits per heavy atom. The predicted molar refractivity (Wildman–Crippen MR) is 123 cm³/mol. The van der Waals surface area contributed by atoms with Gasteiger partial charge in [0, 0.05) is 11.3 Å². The Hall–Kier alpha value is -3.84. The number of rotatable bonds is 4. The van der Waals surface area contributed by atoms with Gasteiger partial charge in [0.15, 0.2) is 5.11 Å². The first kappa shape index (κ1) is 20.4. The molecule has 1 saturated heterocycles. The van der Waals surface area contributed by atoms with Gasteiger partial charge in [-0.2, -0.15) is 0 Å². The molecular formula is C24H18FN3O2S. The number of thiocarbonyl (C=S) groups is 1. The Kier molecular flexibility index (Phi) is 5.60. The van der Waals surface area contributed by atoms with Crippen LogP contribution in [0.1, 0.15) is 21.5 Å². The molecule has 7 heteroatoms. The van der Waals surface area contributed by atoms with Crippen molar-refractivity contribution in [2.45, 2.75) is 6.92 Å². The Balaban J connectivity index is 1.55. The van der Waals surface area contributed by atoms with Gasteiger partial charge in [-0.25, -0.2) is 9.29 Å². The molecule has 154 valence electrons. The fraction of sp³-hybridized carbons (Fsp3) is 0.0417. The van der Waals surface area contributed by atoms with Crippen molar-refractivity contribution in [1.82, 2.24) is 5.32 Å². The lowest BCUT2D eigenvalue weighted by atomic mass is 10.1. The van der Waals surface area contributed by atoms with E-state index in [0.717, 1.165) is 10.5 Å². The molecule has 0 aliphatic carbocycles. The van der Waals surface area contributed by atoms with Gasteiger partial charge in [-0.15, -0.1) is 0 Å². The number of nitrogens with zero attached hydrogens (tertiary/aromatic N) is 1. The third-order valence-electron chi connectivity index (χ3n) is 4.74. The molecule has 4 rings (SSSR count). The highest BCUT2D eigenvalue weighted by Gasteiger charge is 2.33. The minimum absolute atomic E-state index is 0.0903. The Morgan fingerprint density at radius 2 is 1.81 bits per heavy atom. The molecule has 1 heterocycles. The SMILES string of the molecule is Cc1ccc(C(=O)Nc2cccc(/C=C3\NC(=S)N(c4ccccc4F)C3=O)c2)cc1. The van der Waals surface area contributed by atoms with E-state index in [1.807, 2.05) is 19.1 Å². The molecule has 0 aromatic heterocycles. The van der Waals surface area contributed by atoms with Gasteiger partial charge in [0.05, 0.1) is 5.69 Å². The molecule has 5 nitrogen and oxygen atoms in total. The van der Waals surface area contributed by atoms with Crippen LogP contribution in [0.2, 0.25) is 0 Å². The predicted octanol–water partition coefficient (Wildman–Crippen LogP) is 4.65. The fourth-order valence-electron chi connectivity index (χ4n) is 3.17. The van der Waals surface area contributed by atoms with Crippen LogP contribution in [-0.4, -0.2) is 16.9 Å². The lowest BCUT2D eigenvalue weighted by molar-refractivity contribution is -0.113. The van der Waals surface area contributed by atoms with Crippen LogP contribution >= 0.6 is 12.2 Å². The van der Waals surface area contributed by atoms with E-state index in [-0.39, 0.29) is 22.4 Å². The number of amides is 2. The molecule has 0 spiro atoms. The summed E-state index contributed by atoms with van der Waals surface area (Å²) in [7, 11) is 0. The molecule has 31 heavy (non-hydrogen) atoms. The van der Waals surface area contributed by atoms with Crippen LogP contribution in [0.4, 0.5) is 15.8 Å². The van der Waals surface area contributed by atoms with E-state index in [1.165, 1.54) is 12.1 Å². The van der Waals surface area contributed by atoms with Gasteiger partial charge in [-0.05, 0) is 67.2 Å². The highest BCUT2D eigenvalue weighted by molar-refractivity contribution is 7.80. The summed E-state index contributed by atoms with van der Waals surface area (Å²) in [4.78, 5) is 26.4. The van der Waals surface area contributed by atoms with Crippen LogP contribution in [0.3, 0.4) is 0 Å². The number of carbonyl (C=O) groups is 2. The average Bonchev–Trinajstić information content (AvgIpc) is 3.02. The largest absolute Gasteiger partial charge is 0.327 e. The van der Waals surface area contributed by atoms with E-state index in [2.05, 4.69) is 10.6 Å². The van der Waals surface area contributed by atoms with Gasteiger partial charge in [-0.3, -0.25) is 9.59 Å². The molecule has 1 aliphatic heterocycles. The normalized spacial score (nSPS) is 14.6. The lowest BCUT2D eigenvalue weighted by Crippen LogP contribution is -2.31. The molecule has 2 N–H and O–H groups in total. The van der Waals surface area contributed by atoms with Crippen molar-refractivity contribution in [3.63, 3.8) is 0 Å². The number of aryl methyl sites for hydroxylation is 1. The highest BCUT2D eigenvalue weighted by Crippen LogP contribution is 2.25. The molecule has 0 unspecified atom stereocenters. The zero-order valence-electron chi connectivity index (χ0n) is 16.6. The molecule has 0 radical (unpaired) electrons. The molecule has 0 atom stereocenters. The highest BCUT2D eigenvalue weighted by atomic mass is 32.1. The number of para-hydroxylation sites is 1. The third-order valence-corrected chi connectivity index (χ3v) is 5.03. The maximum absolute atomic E-state index is 14.1. The van der Waals surface area contributed by atoms with Crippen molar-refractivity contribution < 1.29 is 14.0 Å². The topological polar surface area (TPSA) is 61.4 Å². The number of halogens is 1. The van der Waals surface area contributed by atoms with Crippen molar-refractivity contribution in [3.8, 4) is 0 Å². The second-order valence-electron chi connectivity index (χ2n) is 7.03. The summed E-state index contributed by atoms with van der Waals surface area (Å²) in [6.45, 7) is 1.95. The minimum atomic E-state index is -0.540. The van der Waals surface area contributed by atoms with E-state index in [9.17, 15) is 14.0 Å². The third kappa shape index (κ3) is 4.36. The fourth-order valence-corrected chi connectivity index (χ4v) is 3.46. The summed E-state index contributed by atoms with van der Waals surface area (Å²) in [5.41, 5.74) is 3.19. The smallest absolute Gasteiger partial charge is 0.281 e. The van der Waals surface area contributed by atoms with Crippen molar-refractivity contribution >= 4 is 46.6 Å². The van der Waals surface area contributed by atoms with Gasteiger partial charge < -0.3 is 10.6 Å². The molecule has 1 fully saturated rings. The summed E-state index contributed by atoms with van der Waals surface area (Å²) in [6.07, 6.45) is 1.61. The molecule has 2 amide bonds. The van der Waals surface area contributed by atoms with E-state index in [4.69, 9.17) is 12.2 Å². The monoisotopic (exact) mass is 431 g/mol.